The highest BCUT2D eigenvalue weighted by Gasteiger charge is 2.26. The van der Waals surface area contributed by atoms with E-state index in [0.717, 1.165) is 18.1 Å². The second-order valence-corrected chi connectivity index (χ2v) is 6.59. The first-order valence-corrected chi connectivity index (χ1v) is 7.70. The highest BCUT2D eigenvalue weighted by atomic mass is 16.4. The smallest absolute Gasteiger partial charge is 0.328 e. The Hall–Kier alpha value is -1.83. The minimum Gasteiger partial charge on any atom is -0.478 e. The van der Waals surface area contributed by atoms with Crippen LogP contribution < -0.4 is 0 Å². The van der Waals surface area contributed by atoms with Gasteiger partial charge < -0.3 is 5.11 Å². The summed E-state index contributed by atoms with van der Waals surface area (Å²) >= 11 is 0. The first kappa shape index (κ1) is 15.1. The molecule has 0 amide bonds. The third-order valence-corrected chi connectivity index (χ3v) is 3.96. The van der Waals surface area contributed by atoms with Crippen LogP contribution in [0.1, 0.15) is 56.6 Å². The summed E-state index contributed by atoms with van der Waals surface area (Å²) in [6.07, 6.45) is 10.2. The fourth-order valence-corrected chi connectivity index (χ4v) is 2.76. The summed E-state index contributed by atoms with van der Waals surface area (Å²) in [6.45, 7) is 10.1. The summed E-state index contributed by atoms with van der Waals surface area (Å²) in [5.41, 5.74) is 4.07. The molecule has 120 valence electrons. The summed E-state index contributed by atoms with van der Waals surface area (Å²) in [4.78, 5) is 10.7. The van der Waals surface area contributed by atoms with Gasteiger partial charge in [0.05, 0.1) is 2.74 Å². The van der Waals surface area contributed by atoms with Gasteiger partial charge in [0.2, 0.25) is 0 Å². The summed E-state index contributed by atoms with van der Waals surface area (Å²) in [6, 6.07) is -0.0562. The van der Waals surface area contributed by atoms with E-state index < -0.39 is 5.97 Å². The predicted octanol–water partition coefficient (Wildman–Crippen LogP) is 5.60. The minimum absolute atomic E-state index is 0.0146. The van der Waals surface area contributed by atoms with Crippen molar-refractivity contribution < 1.29 is 12.6 Å². The number of carbonyl (C=O) groups is 1. The molecule has 22 heavy (non-hydrogen) atoms. The van der Waals surface area contributed by atoms with Gasteiger partial charge >= 0.3 is 5.97 Å². The van der Waals surface area contributed by atoms with E-state index in [1.54, 1.807) is 6.08 Å². The molecule has 0 aromatic carbocycles. The molecule has 0 spiro atoms. The molecule has 0 heterocycles. The van der Waals surface area contributed by atoms with E-state index in [-0.39, 0.29) is 23.1 Å². The van der Waals surface area contributed by atoms with Crippen LogP contribution in [0, 0.1) is 5.41 Å². The minimum atomic E-state index is -1.10. The van der Waals surface area contributed by atoms with Crippen LogP contribution in [0.15, 0.2) is 58.7 Å². The molecule has 1 aliphatic carbocycles. The molecule has 0 fully saturated rings. The van der Waals surface area contributed by atoms with Crippen LogP contribution in [0.3, 0.4) is 0 Å². The monoisotopic (exact) mass is 304 g/mol. The molecule has 0 aliphatic heterocycles. The molecular formula is C20H28O2. The van der Waals surface area contributed by atoms with Crippen LogP contribution >= 0.6 is 0 Å². The maximum Gasteiger partial charge on any atom is 0.328 e. The van der Waals surface area contributed by atoms with Gasteiger partial charge in [0, 0.05) is 6.08 Å². The Kier molecular flexibility index (Phi) is 5.47. The number of rotatable bonds is 5. The molecule has 1 rings (SSSR count). The van der Waals surface area contributed by atoms with Crippen LogP contribution in [0.2, 0.25) is 0 Å². The Labute approximate surface area is 137 Å². The van der Waals surface area contributed by atoms with Gasteiger partial charge in [-0.1, -0.05) is 55.3 Å². The van der Waals surface area contributed by atoms with Crippen molar-refractivity contribution in [3.8, 4) is 0 Å². The lowest BCUT2D eigenvalue weighted by molar-refractivity contribution is -0.131. The lowest BCUT2D eigenvalue weighted by Gasteiger charge is -2.32. The molecule has 0 bridgehead atoms. The molecule has 0 saturated heterocycles. The van der Waals surface area contributed by atoms with Crippen LogP contribution in [-0.2, 0) is 4.79 Å². The fraction of sp³-hybridized carbons (Fsp3) is 0.450. The van der Waals surface area contributed by atoms with Crippen LogP contribution in [-0.4, -0.2) is 11.1 Å². The first-order valence-electron chi connectivity index (χ1n) is 8.70. The topological polar surface area (TPSA) is 37.3 Å². The lowest BCUT2D eigenvalue weighted by atomic mass is 9.72. The number of hydrogen-bond acceptors (Lipinski definition) is 1. The average molecular weight is 304 g/mol. The van der Waals surface area contributed by atoms with Gasteiger partial charge in [0.25, 0.3) is 0 Å². The highest BCUT2D eigenvalue weighted by molar-refractivity contribution is 5.81. The Bertz CT molecular complexity index is 659. The fourth-order valence-electron chi connectivity index (χ4n) is 2.76. The van der Waals surface area contributed by atoms with Crippen molar-refractivity contribution in [2.75, 3.05) is 0 Å². The normalized spacial score (nSPS) is 22.4. The van der Waals surface area contributed by atoms with E-state index in [1.165, 1.54) is 30.9 Å². The van der Waals surface area contributed by atoms with Gasteiger partial charge in [-0.2, -0.15) is 0 Å². The Balaban J connectivity index is 3.04. The van der Waals surface area contributed by atoms with E-state index in [1.807, 2.05) is 13.0 Å². The van der Waals surface area contributed by atoms with Crippen LogP contribution in [0.5, 0.6) is 0 Å². The molecule has 0 aromatic heterocycles. The predicted molar refractivity (Wildman–Crippen MR) is 93.8 cm³/mol. The van der Waals surface area contributed by atoms with E-state index in [0.29, 0.717) is 0 Å². The molecule has 0 saturated carbocycles. The van der Waals surface area contributed by atoms with Gasteiger partial charge in [0.15, 0.2) is 0 Å². The first-order chi connectivity index (χ1) is 11.0. The SMILES string of the molecule is [3H]C(/C=C(C)\C=C\C1=C(C)CCCC1(C)C)=C([3H])\C(C)=C\C(=O)O. The number of aliphatic carboxylic acids is 1. The van der Waals surface area contributed by atoms with Crippen molar-refractivity contribution >= 4 is 5.97 Å². The van der Waals surface area contributed by atoms with Gasteiger partial charge in [-0.15, -0.1) is 0 Å². The summed E-state index contributed by atoms with van der Waals surface area (Å²) < 4.78 is 15.8. The molecule has 0 atom stereocenters. The summed E-state index contributed by atoms with van der Waals surface area (Å²) in [7, 11) is 0. The number of hydrogen-bond donors (Lipinski definition) is 1. The van der Waals surface area contributed by atoms with Gasteiger partial charge in [-0.05, 0) is 56.6 Å². The van der Waals surface area contributed by atoms with Gasteiger partial charge in [-0.25, -0.2) is 4.79 Å². The molecule has 2 heteroatoms. The second kappa shape index (κ2) is 7.98. The van der Waals surface area contributed by atoms with Gasteiger partial charge in [-0.3, -0.25) is 0 Å². The van der Waals surface area contributed by atoms with Crippen molar-refractivity contribution in [3.63, 3.8) is 0 Å². The summed E-state index contributed by atoms with van der Waals surface area (Å²) in [5.74, 6) is -1.10. The third kappa shape index (κ3) is 5.88. The lowest BCUT2D eigenvalue weighted by Crippen LogP contribution is -2.19. The maximum absolute atomic E-state index is 10.7. The van der Waals surface area contributed by atoms with Crippen LogP contribution in [0.4, 0.5) is 0 Å². The van der Waals surface area contributed by atoms with Crippen molar-refractivity contribution in [2.45, 2.75) is 53.9 Å². The molecule has 0 aromatic rings. The maximum atomic E-state index is 10.7. The van der Waals surface area contributed by atoms with Crippen molar-refractivity contribution in [3.05, 3.63) is 58.7 Å². The molecule has 0 radical (unpaired) electrons. The van der Waals surface area contributed by atoms with E-state index in [2.05, 4.69) is 26.8 Å². The molecule has 1 aliphatic rings. The highest BCUT2D eigenvalue weighted by Crippen LogP contribution is 2.40. The zero-order chi connectivity index (χ0) is 18.5. The molecular weight excluding hydrogens is 272 g/mol. The quantitative estimate of drug-likeness (QED) is 0.530. The van der Waals surface area contributed by atoms with Crippen molar-refractivity contribution in [2.24, 2.45) is 5.41 Å². The molecule has 2 nitrogen and oxygen atoms in total. The number of carboxylic acids is 1. The number of carboxylic acid groups (broad SMARTS) is 1. The third-order valence-electron chi connectivity index (χ3n) is 3.96. The largest absolute Gasteiger partial charge is 0.478 e. The summed E-state index contributed by atoms with van der Waals surface area (Å²) in [5, 5.41) is 8.72. The van der Waals surface area contributed by atoms with Crippen LogP contribution in [0.25, 0.3) is 0 Å². The molecule has 0 unspecified atom stereocenters. The second-order valence-electron chi connectivity index (χ2n) is 6.59. The number of allylic oxidation sites excluding steroid dienone is 9. The van der Waals surface area contributed by atoms with Crippen molar-refractivity contribution in [1.29, 1.82) is 0 Å². The van der Waals surface area contributed by atoms with E-state index in [9.17, 15) is 4.79 Å². The average Bonchev–Trinajstić information content (AvgIpc) is 2.44. The van der Waals surface area contributed by atoms with Crippen molar-refractivity contribution in [1.82, 2.24) is 0 Å². The molecule has 1 N–H and O–H groups in total. The zero-order valence-corrected chi connectivity index (χ0v) is 14.3. The van der Waals surface area contributed by atoms with E-state index in [4.69, 9.17) is 7.85 Å². The van der Waals surface area contributed by atoms with E-state index >= 15 is 0 Å². The Morgan fingerprint density at radius 1 is 1.32 bits per heavy atom. The Morgan fingerprint density at radius 3 is 2.59 bits per heavy atom. The van der Waals surface area contributed by atoms with Gasteiger partial charge in [0.1, 0.15) is 0 Å². The Morgan fingerprint density at radius 2 is 2.00 bits per heavy atom. The standard InChI is InChI=1S/C20H28O2/c1-15(8-6-9-16(2)14-19(21)22)11-12-18-17(3)10-7-13-20(18,4)5/h6,8-9,11-12,14H,7,10,13H2,1-5H3,(H,21,22)/b9-6+,12-11+,15-8-,16-14+/i6T,9T. The zero-order valence-electron chi connectivity index (χ0n) is 16.3.